The summed E-state index contributed by atoms with van der Waals surface area (Å²) in [5.41, 5.74) is 2.06. The van der Waals surface area contributed by atoms with E-state index in [1.165, 1.54) is 6.42 Å². The maximum atomic E-state index is 9.62. The molecule has 0 fully saturated rings. The van der Waals surface area contributed by atoms with E-state index in [4.69, 9.17) is 4.74 Å². The van der Waals surface area contributed by atoms with E-state index in [0.29, 0.717) is 5.75 Å². The molecule has 2 nitrogen and oxygen atoms in total. The smallest absolute Gasteiger partial charge is 0.121 e. The van der Waals surface area contributed by atoms with E-state index in [1.54, 1.807) is 7.11 Å². The number of benzene rings is 2. The van der Waals surface area contributed by atoms with Crippen LogP contribution in [0, 0.1) is 6.92 Å². The van der Waals surface area contributed by atoms with Crippen LogP contribution in [0.4, 0.5) is 0 Å². The zero-order valence-corrected chi connectivity index (χ0v) is 12.6. The molecule has 0 spiro atoms. The van der Waals surface area contributed by atoms with E-state index in [0.717, 1.165) is 29.7 Å². The van der Waals surface area contributed by atoms with Crippen LogP contribution in [0.5, 0.6) is 11.5 Å². The first kappa shape index (κ1) is 16.1. The van der Waals surface area contributed by atoms with Crippen molar-refractivity contribution in [2.24, 2.45) is 0 Å². The predicted molar refractivity (Wildman–Crippen MR) is 84.4 cm³/mol. The second-order valence-electron chi connectivity index (χ2n) is 4.70. The molecule has 0 aliphatic rings. The van der Waals surface area contributed by atoms with E-state index >= 15 is 0 Å². The molecule has 0 aromatic heterocycles. The monoisotopic (exact) mass is 272 g/mol. The normalized spacial score (nSPS) is 9.55. The molecule has 0 unspecified atom stereocenters. The van der Waals surface area contributed by atoms with Crippen molar-refractivity contribution >= 4 is 0 Å². The van der Waals surface area contributed by atoms with Crippen LogP contribution in [0.25, 0.3) is 0 Å². The Balaban J connectivity index is 0.000000217. The van der Waals surface area contributed by atoms with Crippen LogP contribution < -0.4 is 4.74 Å². The summed E-state index contributed by atoms with van der Waals surface area (Å²) in [5.74, 6) is 1.39. The lowest BCUT2D eigenvalue weighted by molar-refractivity contribution is 0.415. The highest BCUT2D eigenvalue weighted by atomic mass is 16.5. The quantitative estimate of drug-likeness (QED) is 0.871. The molecule has 2 aromatic rings. The van der Waals surface area contributed by atoms with Crippen LogP contribution >= 0.6 is 0 Å². The number of phenolic OH excluding ortho intramolecular Hbond substituents is 1. The van der Waals surface area contributed by atoms with Crippen LogP contribution in [0.1, 0.15) is 30.9 Å². The van der Waals surface area contributed by atoms with Crippen molar-refractivity contribution in [1.82, 2.24) is 0 Å². The van der Waals surface area contributed by atoms with Gasteiger partial charge in [0.15, 0.2) is 0 Å². The molecule has 108 valence electrons. The number of hydrogen-bond donors (Lipinski definition) is 1. The fraction of sp³-hybridized carbons (Fsp3) is 0.333. The molecule has 0 atom stereocenters. The lowest BCUT2D eigenvalue weighted by atomic mass is 10.0. The number of methoxy groups -OCH3 is 1. The summed E-state index contributed by atoms with van der Waals surface area (Å²) in [4.78, 5) is 0. The molecule has 0 radical (unpaired) electrons. The van der Waals surface area contributed by atoms with Gasteiger partial charge < -0.3 is 9.84 Å². The maximum absolute atomic E-state index is 9.62. The third kappa shape index (κ3) is 5.35. The fourth-order valence-corrected chi connectivity index (χ4v) is 1.85. The molecular weight excluding hydrogens is 248 g/mol. The number of unbranched alkanes of at least 4 members (excludes halogenated alkanes) is 1. The summed E-state index contributed by atoms with van der Waals surface area (Å²) < 4.78 is 4.91. The fourth-order valence-electron chi connectivity index (χ4n) is 1.85. The highest BCUT2D eigenvalue weighted by molar-refractivity contribution is 5.39. The Hall–Kier alpha value is -1.96. The van der Waals surface area contributed by atoms with Crippen LogP contribution in [0.15, 0.2) is 48.5 Å². The molecule has 0 bridgehead atoms. The number of hydrogen-bond acceptors (Lipinski definition) is 2. The highest BCUT2D eigenvalue weighted by Crippen LogP contribution is 2.22. The number of aryl methyl sites for hydroxylation is 2. The highest BCUT2D eigenvalue weighted by Gasteiger charge is 2.01. The molecule has 0 amide bonds. The lowest BCUT2D eigenvalue weighted by Gasteiger charge is -2.05. The van der Waals surface area contributed by atoms with Crippen LogP contribution in [0.3, 0.4) is 0 Å². The molecule has 0 saturated carbocycles. The first-order chi connectivity index (χ1) is 9.69. The van der Waals surface area contributed by atoms with Crippen molar-refractivity contribution in [3.05, 3.63) is 59.7 Å². The topological polar surface area (TPSA) is 29.5 Å². The third-order valence-electron chi connectivity index (χ3n) is 3.10. The average molecular weight is 272 g/mol. The molecule has 20 heavy (non-hydrogen) atoms. The van der Waals surface area contributed by atoms with Crippen molar-refractivity contribution in [1.29, 1.82) is 0 Å². The Morgan fingerprint density at radius 2 is 1.70 bits per heavy atom. The first-order valence-corrected chi connectivity index (χ1v) is 7.05. The molecule has 0 saturated heterocycles. The number of aromatic hydroxyl groups is 1. The lowest BCUT2D eigenvalue weighted by Crippen LogP contribution is -1.87. The summed E-state index contributed by atoms with van der Waals surface area (Å²) in [6.07, 6.45) is 3.31. The molecule has 0 aliphatic heterocycles. The van der Waals surface area contributed by atoms with Gasteiger partial charge in [-0.2, -0.15) is 0 Å². The summed E-state index contributed by atoms with van der Waals surface area (Å²) in [5, 5.41) is 9.62. The van der Waals surface area contributed by atoms with Crippen LogP contribution in [-0.2, 0) is 6.42 Å². The van der Waals surface area contributed by atoms with E-state index < -0.39 is 0 Å². The van der Waals surface area contributed by atoms with Gasteiger partial charge in [0.1, 0.15) is 11.5 Å². The Kier molecular flexibility index (Phi) is 7.26. The summed E-state index contributed by atoms with van der Waals surface area (Å²) >= 11 is 0. The minimum absolute atomic E-state index is 0.478. The second-order valence-corrected chi connectivity index (χ2v) is 4.70. The minimum Gasteiger partial charge on any atom is -0.507 e. The molecule has 2 rings (SSSR count). The molecular formula is C18H24O2. The minimum atomic E-state index is 0.478. The zero-order chi connectivity index (χ0) is 14.8. The van der Waals surface area contributed by atoms with Gasteiger partial charge in [0.05, 0.1) is 7.11 Å². The Morgan fingerprint density at radius 3 is 2.25 bits per heavy atom. The van der Waals surface area contributed by atoms with Crippen LogP contribution in [-0.4, -0.2) is 12.2 Å². The largest absolute Gasteiger partial charge is 0.507 e. The Labute approximate surface area is 122 Å². The van der Waals surface area contributed by atoms with E-state index in [9.17, 15) is 5.11 Å². The van der Waals surface area contributed by atoms with E-state index in [2.05, 4.69) is 6.92 Å². The van der Waals surface area contributed by atoms with Gasteiger partial charge in [0.25, 0.3) is 0 Å². The number of rotatable bonds is 4. The standard InChI is InChI=1S/C11H16O.C7H8O/c1-3-4-7-10-8-5-6-9(2)11(10)12;1-8-7-5-3-2-4-6-7/h5-6,8,12H,3-4,7H2,1-2H3;2-6H,1H3. The van der Waals surface area contributed by atoms with Gasteiger partial charge in [0, 0.05) is 0 Å². The molecule has 2 aromatic carbocycles. The SMILES string of the molecule is CCCCc1cccc(C)c1O.COc1ccccc1. The second kappa shape index (κ2) is 9.03. The van der Waals surface area contributed by atoms with Gasteiger partial charge in [-0.05, 0) is 43.0 Å². The van der Waals surface area contributed by atoms with Gasteiger partial charge in [-0.15, -0.1) is 0 Å². The molecule has 0 aliphatic carbocycles. The predicted octanol–water partition coefficient (Wildman–Crippen LogP) is 4.74. The molecule has 2 heteroatoms. The average Bonchev–Trinajstić information content (AvgIpc) is 2.50. The zero-order valence-electron chi connectivity index (χ0n) is 12.6. The molecule has 0 heterocycles. The number of para-hydroxylation sites is 2. The van der Waals surface area contributed by atoms with Gasteiger partial charge in [-0.3, -0.25) is 0 Å². The molecule has 1 N–H and O–H groups in total. The number of phenols is 1. The van der Waals surface area contributed by atoms with Gasteiger partial charge in [0.2, 0.25) is 0 Å². The van der Waals surface area contributed by atoms with E-state index in [1.807, 2.05) is 55.5 Å². The maximum Gasteiger partial charge on any atom is 0.121 e. The summed E-state index contributed by atoms with van der Waals surface area (Å²) in [7, 11) is 1.66. The van der Waals surface area contributed by atoms with Crippen molar-refractivity contribution in [3.8, 4) is 11.5 Å². The van der Waals surface area contributed by atoms with Crippen molar-refractivity contribution in [2.75, 3.05) is 7.11 Å². The van der Waals surface area contributed by atoms with Gasteiger partial charge in [-0.25, -0.2) is 0 Å². The van der Waals surface area contributed by atoms with Crippen LogP contribution in [0.2, 0.25) is 0 Å². The van der Waals surface area contributed by atoms with Gasteiger partial charge in [-0.1, -0.05) is 49.7 Å². The third-order valence-corrected chi connectivity index (χ3v) is 3.10. The summed E-state index contributed by atoms with van der Waals surface area (Å²) in [6, 6.07) is 15.6. The Morgan fingerprint density at radius 1 is 1.00 bits per heavy atom. The van der Waals surface area contributed by atoms with E-state index in [-0.39, 0.29) is 0 Å². The Bertz CT molecular complexity index is 492. The first-order valence-electron chi connectivity index (χ1n) is 7.05. The van der Waals surface area contributed by atoms with Crippen molar-refractivity contribution in [3.63, 3.8) is 0 Å². The van der Waals surface area contributed by atoms with Gasteiger partial charge >= 0.3 is 0 Å². The van der Waals surface area contributed by atoms with Crippen molar-refractivity contribution in [2.45, 2.75) is 33.1 Å². The van der Waals surface area contributed by atoms with Crippen molar-refractivity contribution < 1.29 is 9.84 Å². The summed E-state index contributed by atoms with van der Waals surface area (Å²) in [6.45, 7) is 4.09. The number of ether oxygens (including phenoxy) is 1.